The van der Waals surface area contributed by atoms with Gasteiger partial charge in [0.2, 0.25) is 0 Å². The van der Waals surface area contributed by atoms with Crippen LogP contribution in [-0.4, -0.2) is 31.5 Å². The lowest BCUT2D eigenvalue weighted by Crippen LogP contribution is -2.17. The Morgan fingerprint density at radius 2 is 1.88 bits per heavy atom. The highest BCUT2D eigenvalue weighted by atomic mass is 32.2. The molecule has 0 aliphatic rings. The number of halogens is 1. The number of ketones is 1. The maximum absolute atomic E-state index is 13.2. The van der Waals surface area contributed by atoms with Gasteiger partial charge in [-0.1, -0.05) is 6.07 Å². The maximum atomic E-state index is 13.2. The average Bonchev–Trinajstić information content (AvgIpc) is 2.14. The first kappa shape index (κ1) is 12.3. The van der Waals surface area contributed by atoms with Crippen molar-refractivity contribution in [3.05, 3.63) is 29.6 Å². The van der Waals surface area contributed by atoms with E-state index in [1.54, 1.807) is 0 Å². The number of hydrogen-bond donors (Lipinski definition) is 1. The number of carbonyl (C=O) groups excluding carboxylic acids is 1. The summed E-state index contributed by atoms with van der Waals surface area (Å²) in [7, 11) is -4.00. The van der Waals surface area contributed by atoms with Crippen LogP contribution in [-0.2, 0) is 14.6 Å². The molecule has 1 aromatic rings. The van der Waals surface area contributed by atoms with Crippen molar-refractivity contribution in [3.63, 3.8) is 0 Å². The molecule has 0 spiro atoms. The summed E-state index contributed by atoms with van der Waals surface area (Å²) in [5.74, 6) is -4.44. The minimum absolute atomic E-state index is 0.671. The van der Waals surface area contributed by atoms with E-state index in [0.717, 1.165) is 18.2 Å². The molecule has 86 valence electrons. The van der Waals surface area contributed by atoms with Gasteiger partial charge in [0.05, 0.1) is 5.56 Å². The van der Waals surface area contributed by atoms with Gasteiger partial charge in [-0.05, 0) is 12.1 Å². The van der Waals surface area contributed by atoms with E-state index in [1.807, 2.05) is 0 Å². The molecule has 0 bridgehead atoms. The summed E-state index contributed by atoms with van der Waals surface area (Å²) in [5, 5.41) is 8.45. The number of hydrogen-bond acceptors (Lipinski definition) is 4. The third-order valence-corrected chi connectivity index (χ3v) is 2.93. The van der Waals surface area contributed by atoms with Gasteiger partial charge in [0.25, 0.3) is 5.78 Å². The molecular formula is C9H7FO5S. The number of carboxylic acids is 1. The van der Waals surface area contributed by atoms with Gasteiger partial charge in [-0.15, -0.1) is 0 Å². The van der Waals surface area contributed by atoms with Gasteiger partial charge in [-0.3, -0.25) is 4.79 Å². The second-order valence-electron chi connectivity index (χ2n) is 3.02. The van der Waals surface area contributed by atoms with Crippen LogP contribution < -0.4 is 0 Å². The highest BCUT2D eigenvalue weighted by molar-refractivity contribution is 7.90. The molecule has 0 amide bonds. The summed E-state index contributed by atoms with van der Waals surface area (Å²) < 4.78 is 35.7. The van der Waals surface area contributed by atoms with Gasteiger partial charge in [-0.2, -0.15) is 0 Å². The summed E-state index contributed by atoms with van der Waals surface area (Å²) in [4.78, 5) is 20.7. The quantitative estimate of drug-likeness (QED) is 0.619. The SMILES string of the molecule is CS(=O)(=O)c1c(F)cccc1C(=O)C(=O)O. The Kier molecular flexibility index (Phi) is 3.09. The van der Waals surface area contributed by atoms with E-state index in [1.165, 1.54) is 0 Å². The Labute approximate surface area is 90.4 Å². The summed E-state index contributed by atoms with van der Waals surface area (Å²) in [6.45, 7) is 0. The van der Waals surface area contributed by atoms with Crippen LogP contribution in [0.3, 0.4) is 0 Å². The number of benzene rings is 1. The molecule has 16 heavy (non-hydrogen) atoms. The predicted octanol–water partition coefficient (Wildman–Crippen LogP) is 0.497. The third-order valence-electron chi connectivity index (χ3n) is 1.78. The number of sulfone groups is 1. The Hall–Kier alpha value is -1.76. The smallest absolute Gasteiger partial charge is 0.377 e. The van der Waals surface area contributed by atoms with E-state index < -0.39 is 37.9 Å². The van der Waals surface area contributed by atoms with Gasteiger partial charge in [0.1, 0.15) is 10.7 Å². The van der Waals surface area contributed by atoms with Gasteiger partial charge >= 0.3 is 5.97 Å². The van der Waals surface area contributed by atoms with Crippen LogP contribution in [0.4, 0.5) is 4.39 Å². The number of carbonyl (C=O) groups is 2. The highest BCUT2D eigenvalue weighted by Crippen LogP contribution is 2.20. The fraction of sp³-hybridized carbons (Fsp3) is 0.111. The van der Waals surface area contributed by atoms with Crippen LogP contribution in [0, 0.1) is 5.82 Å². The molecule has 0 saturated carbocycles. The number of aliphatic carboxylic acids is 1. The Bertz CT molecular complexity index is 561. The average molecular weight is 246 g/mol. The van der Waals surface area contributed by atoms with E-state index in [9.17, 15) is 22.4 Å². The Balaban J connectivity index is 3.60. The summed E-state index contributed by atoms with van der Waals surface area (Å²) in [5.41, 5.74) is -0.671. The molecule has 0 fully saturated rings. The fourth-order valence-electron chi connectivity index (χ4n) is 1.18. The minimum atomic E-state index is -4.00. The molecule has 1 aromatic carbocycles. The lowest BCUT2D eigenvalue weighted by atomic mass is 10.1. The standard InChI is InChI=1S/C9H7FO5S/c1-16(14,15)8-5(7(11)9(12)13)3-2-4-6(8)10/h2-4H,1H3,(H,12,13). The molecular weight excluding hydrogens is 239 g/mol. The molecule has 0 aromatic heterocycles. The van der Waals surface area contributed by atoms with Crippen LogP contribution in [0.2, 0.25) is 0 Å². The van der Waals surface area contributed by atoms with Crippen molar-refractivity contribution in [2.24, 2.45) is 0 Å². The summed E-state index contributed by atoms with van der Waals surface area (Å²) in [6, 6.07) is 2.87. The van der Waals surface area contributed by atoms with Crippen LogP contribution in [0.25, 0.3) is 0 Å². The van der Waals surface area contributed by atoms with Crippen molar-refractivity contribution >= 4 is 21.6 Å². The molecule has 1 rings (SSSR count). The van der Waals surface area contributed by atoms with Crippen LogP contribution >= 0.6 is 0 Å². The number of Topliss-reactive ketones (excluding diaryl/α,β-unsaturated/α-hetero) is 1. The topological polar surface area (TPSA) is 88.5 Å². The molecule has 0 atom stereocenters. The molecule has 0 saturated heterocycles. The first-order chi connectivity index (χ1) is 7.25. The summed E-state index contributed by atoms with van der Waals surface area (Å²) in [6.07, 6.45) is 0.698. The Morgan fingerprint density at radius 1 is 1.31 bits per heavy atom. The van der Waals surface area contributed by atoms with Gasteiger partial charge < -0.3 is 5.11 Å². The van der Waals surface area contributed by atoms with E-state index in [2.05, 4.69) is 0 Å². The molecule has 0 heterocycles. The zero-order valence-corrected chi connectivity index (χ0v) is 8.91. The summed E-state index contributed by atoms with van der Waals surface area (Å²) >= 11 is 0. The molecule has 0 aliphatic carbocycles. The monoisotopic (exact) mass is 246 g/mol. The van der Waals surface area contributed by atoms with Crippen molar-refractivity contribution in [2.75, 3.05) is 6.26 Å². The first-order valence-electron chi connectivity index (χ1n) is 4.01. The van der Waals surface area contributed by atoms with Crippen molar-refractivity contribution in [1.29, 1.82) is 0 Å². The molecule has 0 aliphatic heterocycles. The van der Waals surface area contributed by atoms with Crippen LogP contribution in [0.15, 0.2) is 23.1 Å². The van der Waals surface area contributed by atoms with Crippen LogP contribution in [0.1, 0.15) is 10.4 Å². The molecule has 7 heteroatoms. The molecule has 0 radical (unpaired) electrons. The maximum Gasteiger partial charge on any atom is 0.377 e. The van der Waals surface area contributed by atoms with Crippen molar-refractivity contribution < 1.29 is 27.5 Å². The normalized spacial score (nSPS) is 11.1. The van der Waals surface area contributed by atoms with Crippen molar-refractivity contribution in [3.8, 4) is 0 Å². The van der Waals surface area contributed by atoms with E-state index in [0.29, 0.717) is 6.26 Å². The molecule has 0 unspecified atom stereocenters. The minimum Gasteiger partial charge on any atom is -0.475 e. The van der Waals surface area contributed by atoms with Crippen LogP contribution in [0.5, 0.6) is 0 Å². The highest BCUT2D eigenvalue weighted by Gasteiger charge is 2.26. The zero-order valence-electron chi connectivity index (χ0n) is 8.10. The second kappa shape index (κ2) is 4.01. The van der Waals surface area contributed by atoms with Crippen molar-refractivity contribution in [1.82, 2.24) is 0 Å². The lowest BCUT2D eigenvalue weighted by molar-refractivity contribution is -0.131. The largest absolute Gasteiger partial charge is 0.475 e. The second-order valence-corrected chi connectivity index (χ2v) is 4.98. The molecule has 5 nitrogen and oxygen atoms in total. The van der Waals surface area contributed by atoms with Gasteiger partial charge in [-0.25, -0.2) is 17.6 Å². The first-order valence-corrected chi connectivity index (χ1v) is 5.90. The number of carboxylic acid groups (broad SMARTS) is 1. The zero-order chi connectivity index (χ0) is 12.5. The van der Waals surface area contributed by atoms with Crippen molar-refractivity contribution in [2.45, 2.75) is 4.90 Å². The van der Waals surface area contributed by atoms with Gasteiger partial charge in [0, 0.05) is 6.26 Å². The van der Waals surface area contributed by atoms with E-state index in [-0.39, 0.29) is 0 Å². The predicted molar refractivity (Wildman–Crippen MR) is 51.5 cm³/mol. The number of rotatable bonds is 3. The fourth-order valence-corrected chi connectivity index (χ4v) is 2.16. The third kappa shape index (κ3) is 2.25. The van der Waals surface area contributed by atoms with E-state index in [4.69, 9.17) is 5.11 Å². The van der Waals surface area contributed by atoms with E-state index >= 15 is 0 Å². The molecule has 1 N–H and O–H groups in total. The Morgan fingerprint density at radius 3 is 2.31 bits per heavy atom. The lowest BCUT2D eigenvalue weighted by Gasteiger charge is -2.05. The van der Waals surface area contributed by atoms with Gasteiger partial charge in [0.15, 0.2) is 9.84 Å².